The second-order valence-corrected chi connectivity index (χ2v) is 8.61. The van der Waals surface area contributed by atoms with Crippen LogP contribution in [0.15, 0.2) is 60.6 Å². The van der Waals surface area contributed by atoms with Gasteiger partial charge in [-0.15, -0.1) is 0 Å². The second-order valence-electron chi connectivity index (χ2n) is 8.61. The van der Waals surface area contributed by atoms with Crippen molar-refractivity contribution in [3.05, 3.63) is 88.8 Å². The molecule has 2 aromatic carbocycles. The van der Waals surface area contributed by atoms with Crippen molar-refractivity contribution < 1.29 is 9.18 Å². The van der Waals surface area contributed by atoms with Gasteiger partial charge in [0.25, 0.3) is 5.91 Å². The minimum atomic E-state index is -0.263. The number of carbonyl (C=O) groups is 1. The van der Waals surface area contributed by atoms with Crippen molar-refractivity contribution in [1.82, 2.24) is 14.5 Å². The summed E-state index contributed by atoms with van der Waals surface area (Å²) in [6.07, 6.45) is 6.75. The van der Waals surface area contributed by atoms with Gasteiger partial charge >= 0.3 is 0 Å². The maximum atomic E-state index is 13.4. The molecule has 2 atom stereocenters. The van der Waals surface area contributed by atoms with Crippen molar-refractivity contribution >= 4 is 12.0 Å². The van der Waals surface area contributed by atoms with Crippen molar-refractivity contribution in [3.63, 3.8) is 0 Å². The van der Waals surface area contributed by atoms with Crippen LogP contribution in [0, 0.1) is 25.6 Å². The van der Waals surface area contributed by atoms with Gasteiger partial charge in [-0.2, -0.15) is 0 Å². The summed E-state index contributed by atoms with van der Waals surface area (Å²) < 4.78 is 15.3. The highest BCUT2D eigenvalue weighted by molar-refractivity contribution is 5.99. The molecule has 0 radical (unpaired) electrons. The molecule has 1 saturated heterocycles. The fourth-order valence-corrected chi connectivity index (χ4v) is 4.35. The number of halogens is 1. The highest BCUT2D eigenvalue weighted by Gasteiger charge is 2.33. The minimum Gasteiger partial charge on any atom is -0.332 e. The van der Waals surface area contributed by atoms with Crippen LogP contribution in [0.25, 0.3) is 11.8 Å². The highest BCUT2D eigenvalue weighted by atomic mass is 19.1. The number of piperidine rings is 1. The molecule has 1 aliphatic heterocycles. The van der Waals surface area contributed by atoms with Crippen molar-refractivity contribution in [2.24, 2.45) is 5.92 Å². The van der Waals surface area contributed by atoms with E-state index in [1.807, 2.05) is 41.1 Å². The van der Waals surface area contributed by atoms with Crippen LogP contribution in [-0.4, -0.2) is 26.4 Å². The molecular formula is C26H28FN3O. The molecule has 2 heterocycles. The number of imidazole rings is 1. The van der Waals surface area contributed by atoms with E-state index < -0.39 is 0 Å². The van der Waals surface area contributed by atoms with Gasteiger partial charge in [0, 0.05) is 30.0 Å². The number of nitrogens with zero attached hydrogens (tertiary/aromatic N) is 3. The predicted octanol–water partition coefficient (Wildman–Crippen LogP) is 5.47. The SMILES string of the molecule is Cc1cn(-c2ccc(/C=C3/C(=O)N(Cc4ccc(F)cc4)[C@@H](C)C[C@@H]3C)cc2C)cn1. The van der Waals surface area contributed by atoms with Crippen LogP contribution in [0.2, 0.25) is 0 Å². The van der Waals surface area contributed by atoms with Gasteiger partial charge in [0.2, 0.25) is 0 Å². The van der Waals surface area contributed by atoms with Crippen LogP contribution in [0.1, 0.15) is 42.7 Å². The zero-order chi connectivity index (χ0) is 22.1. The first-order valence-corrected chi connectivity index (χ1v) is 10.7. The van der Waals surface area contributed by atoms with E-state index in [-0.39, 0.29) is 23.7 Å². The van der Waals surface area contributed by atoms with E-state index in [1.165, 1.54) is 12.1 Å². The first kappa shape index (κ1) is 21.0. The van der Waals surface area contributed by atoms with Crippen LogP contribution in [0.5, 0.6) is 0 Å². The molecule has 0 N–H and O–H groups in total. The van der Waals surface area contributed by atoms with E-state index >= 15 is 0 Å². The van der Waals surface area contributed by atoms with E-state index in [2.05, 4.69) is 37.9 Å². The smallest absolute Gasteiger partial charge is 0.250 e. The molecule has 0 bridgehead atoms. The third-order valence-electron chi connectivity index (χ3n) is 6.06. The molecule has 31 heavy (non-hydrogen) atoms. The number of carbonyl (C=O) groups excluding carboxylic acids is 1. The molecule has 4 rings (SSSR count). The van der Waals surface area contributed by atoms with Crippen molar-refractivity contribution in [2.75, 3.05) is 0 Å². The quantitative estimate of drug-likeness (QED) is 0.528. The van der Waals surface area contributed by atoms with Crippen LogP contribution in [0.3, 0.4) is 0 Å². The van der Waals surface area contributed by atoms with E-state index in [4.69, 9.17) is 0 Å². The lowest BCUT2D eigenvalue weighted by atomic mass is 9.86. The Morgan fingerprint density at radius 1 is 1.13 bits per heavy atom. The summed E-state index contributed by atoms with van der Waals surface area (Å²) in [5.74, 6) is -0.0218. The monoisotopic (exact) mass is 417 g/mol. The number of hydrogen-bond acceptors (Lipinski definition) is 2. The summed E-state index contributed by atoms with van der Waals surface area (Å²) in [5.41, 5.74) is 5.96. The summed E-state index contributed by atoms with van der Waals surface area (Å²) in [4.78, 5) is 19.6. The summed E-state index contributed by atoms with van der Waals surface area (Å²) in [6.45, 7) is 8.73. The maximum absolute atomic E-state index is 13.4. The Morgan fingerprint density at radius 2 is 1.87 bits per heavy atom. The van der Waals surface area contributed by atoms with Crippen LogP contribution in [-0.2, 0) is 11.3 Å². The Labute approximate surface area is 183 Å². The van der Waals surface area contributed by atoms with Crippen LogP contribution >= 0.6 is 0 Å². The third kappa shape index (κ3) is 4.46. The molecule has 1 aliphatic rings. The van der Waals surface area contributed by atoms with Gasteiger partial charge in [-0.25, -0.2) is 9.37 Å². The minimum absolute atomic E-state index is 0.0579. The summed E-state index contributed by atoms with van der Waals surface area (Å²) in [5, 5.41) is 0. The summed E-state index contributed by atoms with van der Waals surface area (Å²) in [7, 11) is 0. The average Bonchev–Trinajstić information content (AvgIpc) is 3.16. The number of benzene rings is 2. The second kappa shape index (κ2) is 8.50. The van der Waals surface area contributed by atoms with Crippen molar-refractivity contribution in [3.8, 4) is 5.69 Å². The number of rotatable bonds is 4. The van der Waals surface area contributed by atoms with Gasteiger partial charge < -0.3 is 9.47 Å². The van der Waals surface area contributed by atoms with Gasteiger partial charge in [-0.05, 0) is 80.1 Å². The lowest BCUT2D eigenvalue weighted by Crippen LogP contribution is -2.45. The van der Waals surface area contributed by atoms with Gasteiger partial charge in [0.1, 0.15) is 5.82 Å². The highest BCUT2D eigenvalue weighted by Crippen LogP contribution is 2.31. The first-order valence-electron chi connectivity index (χ1n) is 10.7. The predicted molar refractivity (Wildman–Crippen MR) is 121 cm³/mol. The first-order chi connectivity index (χ1) is 14.8. The van der Waals surface area contributed by atoms with Gasteiger partial charge in [-0.3, -0.25) is 4.79 Å². The zero-order valence-electron chi connectivity index (χ0n) is 18.5. The van der Waals surface area contributed by atoms with Gasteiger partial charge in [0.15, 0.2) is 0 Å². The molecule has 1 amide bonds. The van der Waals surface area contributed by atoms with E-state index in [1.54, 1.807) is 12.1 Å². The molecule has 0 aliphatic carbocycles. The van der Waals surface area contributed by atoms with Gasteiger partial charge in [0.05, 0.1) is 12.0 Å². The van der Waals surface area contributed by atoms with Crippen LogP contribution in [0.4, 0.5) is 4.39 Å². The molecule has 0 spiro atoms. The zero-order valence-corrected chi connectivity index (χ0v) is 18.5. The third-order valence-corrected chi connectivity index (χ3v) is 6.06. The van der Waals surface area contributed by atoms with Crippen molar-refractivity contribution in [1.29, 1.82) is 0 Å². The molecule has 1 aromatic heterocycles. The lowest BCUT2D eigenvalue weighted by Gasteiger charge is -2.38. The molecular weight excluding hydrogens is 389 g/mol. The maximum Gasteiger partial charge on any atom is 0.250 e. The van der Waals surface area contributed by atoms with Gasteiger partial charge in [-0.1, -0.05) is 25.1 Å². The Kier molecular flexibility index (Phi) is 5.77. The number of hydrogen-bond donors (Lipinski definition) is 0. The largest absolute Gasteiger partial charge is 0.332 e. The Balaban J connectivity index is 1.60. The Bertz CT molecular complexity index is 1130. The Morgan fingerprint density at radius 3 is 2.52 bits per heavy atom. The topological polar surface area (TPSA) is 38.1 Å². The average molecular weight is 418 g/mol. The molecule has 5 heteroatoms. The standard InChI is InChI=1S/C26H28FN3O/c1-17-11-20(4)30(15-21-5-8-23(27)9-6-21)26(31)24(17)13-22-7-10-25(18(2)12-22)29-14-19(3)28-16-29/h5-10,12-14,16-17,20H,11,15H2,1-4H3/b24-13+/t17-,20-/m0/s1. The lowest BCUT2D eigenvalue weighted by molar-refractivity contribution is -0.132. The molecule has 3 aromatic rings. The number of likely N-dealkylation sites (tertiary alicyclic amines) is 1. The fraction of sp³-hybridized carbons (Fsp3) is 0.308. The van der Waals surface area contributed by atoms with E-state index in [0.29, 0.717) is 6.54 Å². The van der Waals surface area contributed by atoms with E-state index in [0.717, 1.165) is 40.1 Å². The molecule has 1 fully saturated rings. The number of aryl methyl sites for hydroxylation is 2. The number of amides is 1. The summed E-state index contributed by atoms with van der Waals surface area (Å²) >= 11 is 0. The normalized spacial score (nSPS) is 20.5. The number of aromatic nitrogens is 2. The molecule has 4 nitrogen and oxygen atoms in total. The summed E-state index contributed by atoms with van der Waals surface area (Å²) in [6, 6.07) is 12.7. The van der Waals surface area contributed by atoms with Crippen molar-refractivity contribution in [2.45, 2.75) is 46.7 Å². The van der Waals surface area contributed by atoms with E-state index in [9.17, 15) is 9.18 Å². The fourth-order valence-electron chi connectivity index (χ4n) is 4.35. The molecule has 0 saturated carbocycles. The van der Waals surface area contributed by atoms with Crippen LogP contribution < -0.4 is 0 Å². The molecule has 0 unspecified atom stereocenters. The molecule has 160 valence electrons. The Hall–Kier alpha value is -3.21.